The Morgan fingerprint density at radius 3 is 1.85 bits per heavy atom. The highest BCUT2D eigenvalue weighted by atomic mass is 17.0. The third kappa shape index (κ3) is 1.42. The molecule has 94 valence electrons. The molecule has 10 heteroatoms. The van der Waals surface area contributed by atoms with Gasteiger partial charge < -0.3 is 20.3 Å². The second-order valence-corrected chi connectivity index (χ2v) is 5.10. The molecule has 2 unspecified atom stereocenters. The number of nitrogens with two attached hydrogens (primary N) is 1. The van der Waals surface area contributed by atoms with Crippen molar-refractivity contribution in [1.82, 2.24) is 0 Å². The lowest BCUT2D eigenvalue weighted by Gasteiger charge is -2.45. The van der Waals surface area contributed by atoms with Gasteiger partial charge in [0.05, 0.1) is 29.0 Å². The summed E-state index contributed by atoms with van der Waals surface area (Å²) in [6.07, 6.45) is -2.82. The van der Waals surface area contributed by atoms with E-state index in [-0.39, 0.29) is 22.6 Å². The van der Waals surface area contributed by atoms with Crippen molar-refractivity contribution < 1.29 is 24.8 Å². The molecule has 6 nitrogen and oxygen atoms in total. The Kier molecular flexibility index (Phi) is 2.35. The fourth-order valence-corrected chi connectivity index (χ4v) is 2.45. The molecule has 0 aromatic heterocycles. The molecular formula is C10H7B4NO5. The summed E-state index contributed by atoms with van der Waals surface area (Å²) >= 11 is 0. The van der Waals surface area contributed by atoms with Crippen LogP contribution in [-0.2, 0) is 10.7 Å². The van der Waals surface area contributed by atoms with Crippen LogP contribution in [0.15, 0.2) is 12.1 Å². The minimum atomic E-state index is -2.82. The third-order valence-electron chi connectivity index (χ3n) is 3.74. The maximum absolute atomic E-state index is 10.3. The molecule has 0 fully saturated rings. The van der Waals surface area contributed by atoms with Crippen molar-refractivity contribution in [3.8, 4) is 11.5 Å². The van der Waals surface area contributed by atoms with Crippen molar-refractivity contribution in [2.75, 3.05) is 0 Å². The van der Waals surface area contributed by atoms with Crippen molar-refractivity contribution in [2.45, 2.75) is 22.3 Å². The van der Waals surface area contributed by atoms with Crippen LogP contribution in [0.4, 0.5) is 0 Å². The minimum absolute atomic E-state index is 0.00699. The van der Waals surface area contributed by atoms with Gasteiger partial charge in [-0.3, -0.25) is 10.2 Å². The summed E-state index contributed by atoms with van der Waals surface area (Å²) in [5, 5.41) is 27.0. The van der Waals surface area contributed by atoms with Gasteiger partial charge in [0.25, 0.3) is 0 Å². The zero-order chi connectivity index (χ0) is 15.1. The predicted molar refractivity (Wildman–Crippen MR) is 70.4 cm³/mol. The Morgan fingerprint density at radius 2 is 1.35 bits per heavy atom. The fraction of sp³-hybridized carbons (Fsp3) is 0.400. The van der Waals surface area contributed by atoms with Crippen LogP contribution in [0.3, 0.4) is 0 Å². The van der Waals surface area contributed by atoms with E-state index < -0.39 is 22.3 Å². The summed E-state index contributed by atoms with van der Waals surface area (Å²) in [5.41, 5.74) is 1.57. The monoisotopic (exact) mass is 265 g/mol. The lowest BCUT2D eigenvalue weighted by atomic mass is 9.36. The number of hydrogen-bond donors (Lipinski definition) is 4. The van der Waals surface area contributed by atoms with E-state index in [1.54, 1.807) is 0 Å². The normalized spacial score (nSPS) is 35.8. The number of hydrogen-bond acceptors (Lipinski definition) is 6. The van der Waals surface area contributed by atoms with E-state index in [2.05, 4.69) is 0 Å². The molecule has 1 aromatic carbocycles. The van der Waals surface area contributed by atoms with Crippen LogP contribution >= 0.6 is 0 Å². The van der Waals surface area contributed by atoms with E-state index in [9.17, 15) is 15.3 Å². The molecule has 0 saturated carbocycles. The first-order valence-electron chi connectivity index (χ1n) is 5.59. The minimum Gasteiger partial charge on any atom is -0.403 e. The topological polar surface area (TPSA) is 105 Å². The van der Waals surface area contributed by atoms with E-state index >= 15 is 0 Å². The van der Waals surface area contributed by atoms with Crippen LogP contribution in [0.25, 0.3) is 0 Å². The van der Waals surface area contributed by atoms with E-state index in [0.717, 1.165) is 0 Å². The van der Waals surface area contributed by atoms with Crippen molar-refractivity contribution in [1.29, 1.82) is 0 Å². The van der Waals surface area contributed by atoms with Gasteiger partial charge in [0.2, 0.25) is 0 Å². The van der Waals surface area contributed by atoms with E-state index in [0.29, 0.717) is 0 Å². The molecule has 2 atom stereocenters. The van der Waals surface area contributed by atoms with Crippen LogP contribution in [-0.4, -0.2) is 58.3 Å². The first-order valence-corrected chi connectivity index (χ1v) is 5.59. The van der Waals surface area contributed by atoms with Crippen molar-refractivity contribution in [3.63, 3.8) is 0 Å². The second kappa shape index (κ2) is 3.39. The van der Waals surface area contributed by atoms with Crippen LogP contribution in [0.5, 0.6) is 11.5 Å². The first-order chi connectivity index (χ1) is 8.90. The Bertz CT molecular complexity index is 567. The average molecular weight is 264 g/mol. The lowest BCUT2D eigenvalue weighted by molar-refractivity contribution is -0.385. The van der Waals surface area contributed by atoms with E-state index in [1.807, 2.05) is 0 Å². The molecule has 1 heterocycles. The molecule has 0 bridgehead atoms. The highest BCUT2D eigenvalue weighted by molar-refractivity contribution is 6.48. The van der Waals surface area contributed by atoms with Gasteiger partial charge in [-0.15, -0.1) is 0 Å². The predicted octanol–water partition coefficient (Wildman–Crippen LogP) is -3.31. The number of aliphatic hydroxyl groups is 3. The van der Waals surface area contributed by atoms with Gasteiger partial charge in [0.15, 0.2) is 11.5 Å². The number of benzene rings is 1. The zero-order valence-corrected chi connectivity index (χ0v) is 10.2. The second-order valence-electron chi connectivity index (χ2n) is 5.10. The molecule has 3 rings (SSSR count). The lowest BCUT2D eigenvalue weighted by Crippen LogP contribution is -2.67. The molecule has 1 aromatic rings. The summed E-state index contributed by atoms with van der Waals surface area (Å²) in [6.45, 7) is 0. The molecule has 20 heavy (non-hydrogen) atoms. The largest absolute Gasteiger partial charge is 0.505 e. The molecule has 2 aliphatic rings. The molecule has 1 aliphatic carbocycles. The van der Waals surface area contributed by atoms with Crippen molar-refractivity contribution >= 4 is 31.4 Å². The van der Waals surface area contributed by atoms with E-state index in [4.69, 9.17) is 46.6 Å². The van der Waals surface area contributed by atoms with Gasteiger partial charge in [-0.25, -0.2) is 0 Å². The van der Waals surface area contributed by atoms with Gasteiger partial charge in [0, 0.05) is 0 Å². The molecule has 5 N–H and O–H groups in total. The summed E-state index contributed by atoms with van der Waals surface area (Å²) < 4.78 is 9.43. The third-order valence-corrected chi connectivity index (χ3v) is 3.74. The van der Waals surface area contributed by atoms with Crippen LogP contribution in [0.2, 0.25) is 0 Å². The smallest absolute Gasteiger partial charge is 0.403 e. The van der Waals surface area contributed by atoms with Crippen LogP contribution in [0, 0.1) is 0 Å². The van der Waals surface area contributed by atoms with Gasteiger partial charge in [-0.2, -0.15) is 0 Å². The Labute approximate surface area is 119 Å². The highest BCUT2D eigenvalue weighted by Gasteiger charge is 2.58. The van der Waals surface area contributed by atoms with Crippen LogP contribution in [0.1, 0.15) is 11.1 Å². The Balaban J connectivity index is 2.24. The SMILES string of the molecule is [B]C1([B])c2cc3c(cc2C([B])(O)C1([B])N)OC(O)(O)O3. The maximum Gasteiger partial charge on any atom is 0.505 e. The molecule has 0 saturated heterocycles. The molecule has 0 amide bonds. The zero-order valence-electron chi connectivity index (χ0n) is 10.2. The van der Waals surface area contributed by atoms with Gasteiger partial charge >= 0.3 is 6.16 Å². The molecule has 1 aliphatic heterocycles. The summed E-state index contributed by atoms with van der Waals surface area (Å²) in [7, 11) is 23.2. The number of fused-ring (bicyclic) bond motifs is 2. The highest BCUT2D eigenvalue weighted by Crippen LogP contribution is 2.52. The Hall–Kier alpha value is -1.08. The van der Waals surface area contributed by atoms with Gasteiger partial charge in [-0.1, -0.05) is 5.21 Å². The standard InChI is InChI=1S/C10H7B4NO5/c11-7(12)3-1-5-6(20-10(17,18)19-5)2-4(3)8(13,16)9(7,14)15/h1-2,16-18H,15H2. The van der Waals surface area contributed by atoms with Gasteiger partial charge in [0.1, 0.15) is 7.85 Å². The number of rotatable bonds is 0. The molecular weight excluding hydrogens is 257 g/mol. The maximum atomic E-state index is 10.3. The average Bonchev–Trinajstić information content (AvgIpc) is 2.62. The van der Waals surface area contributed by atoms with Crippen molar-refractivity contribution in [3.05, 3.63) is 23.3 Å². The van der Waals surface area contributed by atoms with Gasteiger partial charge in [-0.05, 0) is 28.7 Å². The summed E-state index contributed by atoms with van der Waals surface area (Å²) in [6, 6.07) is 2.42. The quantitative estimate of drug-likeness (QED) is 0.289. The van der Waals surface area contributed by atoms with Crippen LogP contribution < -0.4 is 15.2 Å². The van der Waals surface area contributed by atoms with E-state index in [1.165, 1.54) is 12.1 Å². The molecule has 8 radical (unpaired) electrons. The summed E-state index contributed by atoms with van der Waals surface area (Å²) in [5.74, 6) is -0.131. The number of ether oxygens (including phenoxy) is 2. The molecule has 0 spiro atoms. The summed E-state index contributed by atoms with van der Waals surface area (Å²) in [4.78, 5) is 0. The first kappa shape index (κ1) is 13.9. The fourth-order valence-electron chi connectivity index (χ4n) is 2.45. The van der Waals surface area contributed by atoms with Crippen molar-refractivity contribution in [2.24, 2.45) is 5.73 Å². The Morgan fingerprint density at radius 1 is 0.900 bits per heavy atom.